The first-order valence-electron chi connectivity index (χ1n) is 6.00. The van der Waals surface area contributed by atoms with Crippen molar-refractivity contribution >= 4 is 17.4 Å². The quantitative estimate of drug-likeness (QED) is 0.873. The number of carbonyl (C=O) groups is 1. The van der Waals surface area contributed by atoms with Crippen LogP contribution in [-0.4, -0.2) is 20.2 Å². The van der Waals surface area contributed by atoms with Crippen LogP contribution in [0.3, 0.4) is 0 Å². The molecule has 0 unspecified atom stereocenters. The zero-order valence-corrected chi connectivity index (χ0v) is 10.9. The molecular weight excluding hydrogens is 264 g/mol. The van der Waals surface area contributed by atoms with Gasteiger partial charge in [0.15, 0.2) is 0 Å². The third kappa shape index (κ3) is 2.87. The van der Waals surface area contributed by atoms with Crippen molar-refractivity contribution in [2.24, 2.45) is 0 Å². The SMILES string of the molecule is O=C(NCc1cnsc1)c1cc(=O)[nH]c(C2CC2)n1. The molecule has 19 heavy (non-hydrogen) atoms. The minimum absolute atomic E-state index is 0.175. The van der Waals surface area contributed by atoms with Gasteiger partial charge in [-0.25, -0.2) is 9.36 Å². The van der Waals surface area contributed by atoms with Crippen LogP contribution in [0.1, 0.15) is 40.6 Å². The molecule has 0 saturated heterocycles. The van der Waals surface area contributed by atoms with Crippen LogP contribution in [-0.2, 0) is 6.54 Å². The van der Waals surface area contributed by atoms with E-state index in [4.69, 9.17) is 0 Å². The minimum atomic E-state index is -0.334. The highest BCUT2D eigenvalue weighted by atomic mass is 32.1. The predicted octanol–water partition coefficient (Wildman–Crippen LogP) is 1.03. The van der Waals surface area contributed by atoms with E-state index < -0.39 is 0 Å². The minimum Gasteiger partial charge on any atom is -0.347 e. The second-order valence-electron chi connectivity index (χ2n) is 4.51. The number of aromatic nitrogens is 3. The van der Waals surface area contributed by atoms with Crippen LogP contribution >= 0.6 is 11.5 Å². The largest absolute Gasteiger partial charge is 0.347 e. The zero-order valence-electron chi connectivity index (χ0n) is 10.0. The maximum Gasteiger partial charge on any atom is 0.270 e. The summed E-state index contributed by atoms with van der Waals surface area (Å²) in [6.07, 6.45) is 3.75. The molecule has 7 heteroatoms. The van der Waals surface area contributed by atoms with E-state index in [1.54, 1.807) is 6.20 Å². The lowest BCUT2D eigenvalue weighted by Crippen LogP contribution is -2.26. The van der Waals surface area contributed by atoms with Crippen LogP contribution in [0.2, 0.25) is 0 Å². The van der Waals surface area contributed by atoms with Crippen molar-refractivity contribution in [3.05, 3.63) is 45.1 Å². The number of nitrogens with one attached hydrogen (secondary N) is 2. The molecule has 1 aliphatic rings. The molecule has 2 aromatic rings. The van der Waals surface area contributed by atoms with Crippen LogP contribution < -0.4 is 10.9 Å². The number of hydrogen-bond donors (Lipinski definition) is 2. The molecule has 0 aromatic carbocycles. The molecule has 3 rings (SSSR count). The number of H-pyrrole nitrogens is 1. The summed E-state index contributed by atoms with van der Waals surface area (Å²) in [6, 6.07) is 1.23. The standard InChI is InChI=1S/C12H12N4O2S/c17-10-3-9(15-11(16-10)8-1-2-8)12(18)13-4-7-5-14-19-6-7/h3,5-6,8H,1-2,4H2,(H,13,18)(H,15,16,17). The molecule has 2 aromatic heterocycles. The van der Waals surface area contributed by atoms with E-state index in [9.17, 15) is 9.59 Å². The summed E-state index contributed by atoms with van der Waals surface area (Å²) in [4.78, 5) is 30.3. The van der Waals surface area contributed by atoms with E-state index in [2.05, 4.69) is 19.7 Å². The van der Waals surface area contributed by atoms with Crippen molar-refractivity contribution < 1.29 is 4.79 Å². The molecule has 0 spiro atoms. The van der Waals surface area contributed by atoms with E-state index >= 15 is 0 Å². The Balaban J connectivity index is 1.73. The Hall–Kier alpha value is -2.02. The highest BCUT2D eigenvalue weighted by molar-refractivity contribution is 7.03. The maximum atomic E-state index is 11.9. The second-order valence-corrected chi connectivity index (χ2v) is 5.16. The number of hydrogen-bond acceptors (Lipinski definition) is 5. The molecule has 1 aliphatic carbocycles. The van der Waals surface area contributed by atoms with Crippen molar-refractivity contribution in [3.8, 4) is 0 Å². The molecule has 1 saturated carbocycles. The first-order valence-corrected chi connectivity index (χ1v) is 6.84. The van der Waals surface area contributed by atoms with Crippen molar-refractivity contribution in [2.45, 2.75) is 25.3 Å². The van der Waals surface area contributed by atoms with Crippen LogP contribution in [0.15, 0.2) is 22.4 Å². The summed E-state index contributed by atoms with van der Waals surface area (Å²) in [6.45, 7) is 0.391. The van der Waals surface area contributed by atoms with E-state index in [0.717, 1.165) is 18.4 Å². The molecule has 1 fully saturated rings. The summed E-state index contributed by atoms with van der Waals surface area (Å²) >= 11 is 1.33. The molecule has 0 aliphatic heterocycles. The molecule has 0 radical (unpaired) electrons. The van der Waals surface area contributed by atoms with Crippen molar-refractivity contribution in [3.63, 3.8) is 0 Å². The first-order chi connectivity index (χ1) is 9.22. The third-order valence-electron chi connectivity index (χ3n) is 2.89. The van der Waals surface area contributed by atoms with Crippen LogP contribution in [0, 0.1) is 0 Å². The van der Waals surface area contributed by atoms with Gasteiger partial charge in [0, 0.05) is 35.7 Å². The number of rotatable bonds is 4. The highest BCUT2D eigenvalue weighted by Crippen LogP contribution is 2.37. The van der Waals surface area contributed by atoms with Crippen molar-refractivity contribution in [1.82, 2.24) is 19.7 Å². The summed E-state index contributed by atoms with van der Waals surface area (Å²) in [5, 5.41) is 4.59. The number of aromatic amines is 1. The lowest BCUT2D eigenvalue weighted by molar-refractivity contribution is 0.0945. The highest BCUT2D eigenvalue weighted by Gasteiger charge is 2.27. The Morgan fingerprint density at radius 1 is 1.53 bits per heavy atom. The van der Waals surface area contributed by atoms with Gasteiger partial charge in [-0.3, -0.25) is 9.59 Å². The number of nitrogens with zero attached hydrogens (tertiary/aromatic N) is 2. The van der Waals surface area contributed by atoms with Crippen LogP contribution in [0.4, 0.5) is 0 Å². The van der Waals surface area contributed by atoms with Gasteiger partial charge in [-0.2, -0.15) is 0 Å². The normalized spacial score (nSPS) is 14.3. The molecule has 98 valence electrons. The van der Waals surface area contributed by atoms with Gasteiger partial charge in [0.1, 0.15) is 11.5 Å². The first kappa shape index (κ1) is 12.0. The van der Waals surface area contributed by atoms with Gasteiger partial charge in [0.05, 0.1) is 0 Å². The number of carbonyl (C=O) groups excluding carboxylic acids is 1. The fraction of sp³-hybridized carbons (Fsp3) is 0.333. The summed E-state index contributed by atoms with van der Waals surface area (Å²) in [5.41, 5.74) is 0.832. The Bertz CT molecular complexity index is 646. The van der Waals surface area contributed by atoms with Crippen LogP contribution in [0.25, 0.3) is 0 Å². The lowest BCUT2D eigenvalue weighted by Gasteiger charge is -2.04. The Kier molecular flexibility index (Phi) is 3.12. The van der Waals surface area contributed by atoms with E-state index in [-0.39, 0.29) is 17.2 Å². The maximum absolute atomic E-state index is 11.9. The van der Waals surface area contributed by atoms with Crippen molar-refractivity contribution in [2.75, 3.05) is 0 Å². The average Bonchev–Trinajstić information content (AvgIpc) is 3.13. The Morgan fingerprint density at radius 2 is 2.37 bits per heavy atom. The summed E-state index contributed by atoms with van der Waals surface area (Å²) in [5.74, 6) is 0.593. The fourth-order valence-electron chi connectivity index (χ4n) is 1.73. The Morgan fingerprint density at radius 3 is 3.05 bits per heavy atom. The van der Waals surface area contributed by atoms with E-state index in [0.29, 0.717) is 18.3 Å². The van der Waals surface area contributed by atoms with Gasteiger partial charge in [-0.05, 0) is 24.4 Å². The van der Waals surface area contributed by atoms with E-state index in [1.165, 1.54) is 17.6 Å². The Labute approximate surface area is 113 Å². The van der Waals surface area contributed by atoms with Gasteiger partial charge < -0.3 is 10.3 Å². The molecule has 2 N–H and O–H groups in total. The topological polar surface area (TPSA) is 87.7 Å². The smallest absolute Gasteiger partial charge is 0.270 e. The fourth-order valence-corrected chi connectivity index (χ4v) is 2.27. The van der Waals surface area contributed by atoms with Gasteiger partial charge >= 0.3 is 0 Å². The van der Waals surface area contributed by atoms with Gasteiger partial charge in [-0.15, -0.1) is 0 Å². The molecule has 1 amide bonds. The predicted molar refractivity (Wildman–Crippen MR) is 70.1 cm³/mol. The molecule has 6 nitrogen and oxygen atoms in total. The second kappa shape index (κ2) is 4.93. The van der Waals surface area contributed by atoms with Gasteiger partial charge in [0.25, 0.3) is 11.5 Å². The molecule has 0 atom stereocenters. The molecule has 2 heterocycles. The van der Waals surface area contributed by atoms with E-state index in [1.807, 2.05) is 5.38 Å². The number of amides is 1. The summed E-state index contributed by atoms with van der Waals surface area (Å²) < 4.78 is 3.95. The van der Waals surface area contributed by atoms with Crippen LogP contribution in [0.5, 0.6) is 0 Å². The molecular formula is C12H12N4O2S. The monoisotopic (exact) mass is 276 g/mol. The van der Waals surface area contributed by atoms with Gasteiger partial charge in [-0.1, -0.05) is 0 Å². The van der Waals surface area contributed by atoms with Crippen molar-refractivity contribution in [1.29, 1.82) is 0 Å². The molecule has 0 bridgehead atoms. The lowest BCUT2D eigenvalue weighted by atomic mass is 10.3. The zero-order chi connectivity index (χ0) is 13.2. The average molecular weight is 276 g/mol. The summed E-state index contributed by atoms with van der Waals surface area (Å²) in [7, 11) is 0. The van der Waals surface area contributed by atoms with Gasteiger partial charge in [0.2, 0.25) is 0 Å². The third-order valence-corrected chi connectivity index (χ3v) is 3.53.